The average Bonchev–Trinajstić information content (AvgIpc) is 3.30. The molecule has 0 atom stereocenters. The van der Waals surface area contributed by atoms with Gasteiger partial charge in [-0.25, -0.2) is 0 Å². The number of benzene rings is 2. The number of H-pyrrole nitrogens is 1. The van der Waals surface area contributed by atoms with Crippen LogP contribution in [0.1, 0.15) is 27.9 Å². The zero-order valence-corrected chi connectivity index (χ0v) is 13.9. The number of aryl methyl sites for hydroxylation is 2. The second kappa shape index (κ2) is 6.39. The number of ether oxygens (including phenoxy) is 1. The average molecular weight is 334 g/mol. The summed E-state index contributed by atoms with van der Waals surface area (Å²) in [6.45, 7) is 0. The maximum Gasteiger partial charge on any atom is 0.258 e. The minimum absolute atomic E-state index is 0.208. The van der Waals surface area contributed by atoms with E-state index in [0.29, 0.717) is 17.1 Å². The van der Waals surface area contributed by atoms with Crippen molar-refractivity contribution in [1.82, 2.24) is 15.2 Å². The summed E-state index contributed by atoms with van der Waals surface area (Å²) in [7, 11) is 1.60. The fraction of sp³-hybridized carbons (Fsp3) is 0.211. The summed E-state index contributed by atoms with van der Waals surface area (Å²) in [4.78, 5) is 16.8. The molecule has 6 nitrogen and oxygen atoms in total. The number of para-hydroxylation sites is 1. The van der Waals surface area contributed by atoms with E-state index in [2.05, 4.69) is 20.5 Å². The van der Waals surface area contributed by atoms with Crippen molar-refractivity contribution in [1.29, 1.82) is 0 Å². The van der Waals surface area contributed by atoms with E-state index in [9.17, 15) is 4.79 Å². The van der Waals surface area contributed by atoms with Crippen LogP contribution in [0.15, 0.2) is 42.5 Å². The molecule has 0 spiro atoms. The second-order valence-electron chi connectivity index (χ2n) is 6.00. The summed E-state index contributed by atoms with van der Waals surface area (Å²) < 4.78 is 5.33. The van der Waals surface area contributed by atoms with Gasteiger partial charge in [0.1, 0.15) is 5.75 Å². The normalized spacial score (nSPS) is 12.7. The summed E-state index contributed by atoms with van der Waals surface area (Å²) in [6, 6.07) is 13.4. The van der Waals surface area contributed by atoms with Crippen LogP contribution in [0.2, 0.25) is 0 Å². The number of nitrogens with one attached hydrogen (secondary N) is 2. The lowest BCUT2D eigenvalue weighted by atomic mass is 10.1. The smallest absolute Gasteiger partial charge is 0.258 e. The number of carbonyl (C=O) groups is 1. The minimum atomic E-state index is -0.208. The molecule has 0 saturated heterocycles. The number of rotatable bonds is 4. The molecule has 2 aromatic carbocycles. The largest absolute Gasteiger partial charge is 0.496 e. The van der Waals surface area contributed by atoms with Crippen molar-refractivity contribution in [2.24, 2.45) is 0 Å². The Kier molecular flexibility index (Phi) is 3.93. The Hall–Kier alpha value is -3.15. The van der Waals surface area contributed by atoms with Gasteiger partial charge in [0.2, 0.25) is 5.95 Å². The number of hydrogen-bond acceptors (Lipinski definition) is 4. The zero-order chi connectivity index (χ0) is 17.2. The molecule has 0 unspecified atom stereocenters. The van der Waals surface area contributed by atoms with E-state index in [1.807, 2.05) is 42.5 Å². The van der Waals surface area contributed by atoms with Gasteiger partial charge in [-0.05, 0) is 54.7 Å². The molecule has 0 fully saturated rings. The Bertz CT molecular complexity index is 933. The number of amides is 1. The first-order valence-corrected chi connectivity index (χ1v) is 8.23. The number of hydrogen-bond donors (Lipinski definition) is 2. The predicted octanol–water partition coefficient (Wildman–Crippen LogP) is 3.22. The fourth-order valence-electron chi connectivity index (χ4n) is 3.17. The molecule has 4 rings (SSSR count). The van der Waals surface area contributed by atoms with E-state index in [1.54, 1.807) is 7.11 Å². The summed E-state index contributed by atoms with van der Waals surface area (Å²) in [6.07, 6.45) is 3.29. The molecular formula is C19H18N4O2. The first-order valence-electron chi connectivity index (χ1n) is 8.23. The van der Waals surface area contributed by atoms with Crippen LogP contribution in [0.25, 0.3) is 11.4 Å². The molecule has 1 aliphatic carbocycles. The first-order chi connectivity index (χ1) is 12.2. The van der Waals surface area contributed by atoms with Crippen LogP contribution in [0, 0.1) is 0 Å². The highest BCUT2D eigenvalue weighted by atomic mass is 16.5. The van der Waals surface area contributed by atoms with E-state index in [4.69, 9.17) is 4.74 Å². The van der Waals surface area contributed by atoms with Gasteiger partial charge in [0.15, 0.2) is 5.82 Å². The summed E-state index contributed by atoms with van der Waals surface area (Å²) in [5.74, 6) is 1.27. The highest BCUT2D eigenvalue weighted by Gasteiger charge is 2.16. The number of aromatic nitrogens is 3. The van der Waals surface area contributed by atoms with Gasteiger partial charge in [-0.2, -0.15) is 4.98 Å². The maximum absolute atomic E-state index is 12.5. The number of methoxy groups -OCH3 is 1. The molecule has 6 heteroatoms. The lowest BCUT2D eigenvalue weighted by Gasteiger charge is -2.05. The zero-order valence-electron chi connectivity index (χ0n) is 13.9. The van der Waals surface area contributed by atoms with Gasteiger partial charge in [0, 0.05) is 5.56 Å². The van der Waals surface area contributed by atoms with Crippen LogP contribution in [0.5, 0.6) is 5.75 Å². The van der Waals surface area contributed by atoms with E-state index in [-0.39, 0.29) is 11.9 Å². The third kappa shape index (κ3) is 2.98. The van der Waals surface area contributed by atoms with Crippen LogP contribution in [-0.2, 0) is 12.8 Å². The predicted molar refractivity (Wildman–Crippen MR) is 94.8 cm³/mol. The quantitative estimate of drug-likeness (QED) is 0.768. The highest BCUT2D eigenvalue weighted by molar-refractivity contribution is 6.03. The Morgan fingerprint density at radius 2 is 2.00 bits per heavy atom. The lowest BCUT2D eigenvalue weighted by Crippen LogP contribution is -2.13. The molecule has 0 saturated carbocycles. The van der Waals surface area contributed by atoms with E-state index >= 15 is 0 Å². The molecule has 25 heavy (non-hydrogen) atoms. The van der Waals surface area contributed by atoms with E-state index in [0.717, 1.165) is 24.8 Å². The van der Waals surface area contributed by atoms with Crippen molar-refractivity contribution in [3.05, 3.63) is 59.2 Å². The van der Waals surface area contributed by atoms with Crippen molar-refractivity contribution < 1.29 is 9.53 Å². The minimum Gasteiger partial charge on any atom is -0.496 e. The van der Waals surface area contributed by atoms with Crippen LogP contribution >= 0.6 is 0 Å². The SMILES string of the molecule is COc1ccccc1-c1nc(NC(=O)c2ccc3c(c2)CCC3)n[nH]1. The van der Waals surface area contributed by atoms with Gasteiger partial charge in [-0.1, -0.05) is 18.2 Å². The van der Waals surface area contributed by atoms with Gasteiger partial charge in [0.25, 0.3) is 5.91 Å². The molecule has 1 aromatic heterocycles. The van der Waals surface area contributed by atoms with Crippen molar-refractivity contribution in [3.63, 3.8) is 0 Å². The number of aromatic amines is 1. The fourth-order valence-corrected chi connectivity index (χ4v) is 3.17. The number of anilines is 1. The molecule has 0 aliphatic heterocycles. The monoisotopic (exact) mass is 334 g/mol. The number of carbonyl (C=O) groups excluding carboxylic acids is 1. The summed E-state index contributed by atoms with van der Waals surface area (Å²) in [5, 5.41) is 9.67. The van der Waals surface area contributed by atoms with Crippen LogP contribution < -0.4 is 10.1 Å². The molecule has 1 heterocycles. The third-order valence-corrected chi connectivity index (χ3v) is 4.43. The van der Waals surface area contributed by atoms with Gasteiger partial charge >= 0.3 is 0 Å². The van der Waals surface area contributed by atoms with E-state index in [1.165, 1.54) is 11.1 Å². The molecule has 2 N–H and O–H groups in total. The highest BCUT2D eigenvalue weighted by Crippen LogP contribution is 2.27. The van der Waals surface area contributed by atoms with Crippen LogP contribution in [0.4, 0.5) is 5.95 Å². The van der Waals surface area contributed by atoms with Crippen LogP contribution in [0.3, 0.4) is 0 Å². The van der Waals surface area contributed by atoms with Crippen LogP contribution in [-0.4, -0.2) is 28.2 Å². The standard InChI is InChI=1S/C19H18N4O2/c1-25-16-8-3-2-7-15(16)17-20-19(23-22-17)21-18(24)14-10-9-12-5-4-6-13(12)11-14/h2-3,7-11H,4-6H2,1H3,(H2,20,21,22,23,24). The van der Waals surface area contributed by atoms with Crippen molar-refractivity contribution >= 4 is 11.9 Å². The number of nitrogens with zero attached hydrogens (tertiary/aromatic N) is 2. The van der Waals surface area contributed by atoms with Crippen molar-refractivity contribution in [2.45, 2.75) is 19.3 Å². The van der Waals surface area contributed by atoms with E-state index < -0.39 is 0 Å². The molecule has 3 aromatic rings. The topological polar surface area (TPSA) is 79.9 Å². The Morgan fingerprint density at radius 1 is 1.16 bits per heavy atom. The third-order valence-electron chi connectivity index (χ3n) is 4.43. The second-order valence-corrected chi connectivity index (χ2v) is 6.00. The Labute approximate surface area is 145 Å². The number of fused-ring (bicyclic) bond motifs is 1. The molecule has 0 bridgehead atoms. The Balaban J connectivity index is 1.54. The van der Waals surface area contributed by atoms with Gasteiger partial charge in [0.05, 0.1) is 12.7 Å². The van der Waals surface area contributed by atoms with Gasteiger partial charge < -0.3 is 4.74 Å². The molecule has 0 radical (unpaired) electrons. The van der Waals surface area contributed by atoms with Crippen molar-refractivity contribution in [3.8, 4) is 17.1 Å². The molecular weight excluding hydrogens is 316 g/mol. The Morgan fingerprint density at radius 3 is 2.88 bits per heavy atom. The van der Waals surface area contributed by atoms with Crippen molar-refractivity contribution in [2.75, 3.05) is 12.4 Å². The molecule has 1 aliphatic rings. The first kappa shape index (κ1) is 15.4. The maximum atomic E-state index is 12.5. The molecule has 126 valence electrons. The molecule has 1 amide bonds. The lowest BCUT2D eigenvalue weighted by molar-refractivity contribution is 0.102. The summed E-state index contributed by atoms with van der Waals surface area (Å²) >= 11 is 0. The van der Waals surface area contributed by atoms with Gasteiger partial charge in [-0.3, -0.25) is 15.2 Å². The summed E-state index contributed by atoms with van der Waals surface area (Å²) in [5.41, 5.74) is 4.02. The van der Waals surface area contributed by atoms with Gasteiger partial charge in [-0.15, -0.1) is 5.10 Å².